The van der Waals surface area contributed by atoms with Gasteiger partial charge in [-0.25, -0.2) is 10.4 Å². The van der Waals surface area contributed by atoms with Gasteiger partial charge in [-0.2, -0.15) is 10.1 Å². The van der Waals surface area contributed by atoms with Crippen LogP contribution in [0, 0.1) is 0 Å². The first-order valence-electron chi connectivity index (χ1n) is 10.1. The van der Waals surface area contributed by atoms with E-state index in [0.717, 1.165) is 22.6 Å². The predicted molar refractivity (Wildman–Crippen MR) is 127 cm³/mol. The number of anilines is 1. The number of halogens is 1. The molecule has 3 aromatic carbocycles. The van der Waals surface area contributed by atoms with Crippen molar-refractivity contribution in [2.45, 2.75) is 6.42 Å². The number of nitrogens with zero attached hydrogens (tertiary/aromatic N) is 4. The summed E-state index contributed by atoms with van der Waals surface area (Å²) in [4.78, 5) is 20.7. The van der Waals surface area contributed by atoms with Gasteiger partial charge >= 0.3 is 0 Å². The van der Waals surface area contributed by atoms with Crippen LogP contribution in [0.3, 0.4) is 0 Å². The molecule has 1 heterocycles. The smallest absolute Gasteiger partial charge is 0.267 e. The Morgan fingerprint density at radius 1 is 1.03 bits per heavy atom. The topological polar surface area (TPSA) is 86.3 Å². The molecule has 0 radical (unpaired) electrons. The van der Waals surface area contributed by atoms with Crippen LogP contribution in [0.5, 0.6) is 0 Å². The van der Waals surface area contributed by atoms with Gasteiger partial charge in [0.2, 0.25) is 0 Å². The van der Waals surface area contributed by atoms with Crippen molar-refractivity contribution in [1.29, 1.82) is 0 Å². The lowest BCUT2D eigenvalue weighted by Crippen LogP contribution is -2.38. The molecule has 1 aromatic heterocycles. The molecular weight excluding hydrogens is 424 g/mol. The summed E-state index contributed by atoms with van der Waals surface area (Å²) in [6, 6.07) is 24.9. The maximum absolute atomic E-state index is 12.5. The molecule has 32 heavy (non-hydrogen) atoms. The van der Waals surface area contributed by atoms with Crippen molar-refractivity contribution in [3.05, 3.63) is 102 Å². The molecule has 0 aliphatic rings. The van der Waals surface area contributed by atoms with Crippen LogP contribution in [0.25, 0.3) is 11.1 Å². The van der Waals surface area contributed by atoms with Gasteiger partial charge in [0.1, 0.15) is 18.5 Å². The molecule has 0 saturated carbocycles. The number of benzene rings is 3. The molecule has 0 atom stereocenters. The molecule has 7 nitrogen and oxygen atoms in total. The fraction of sp³-hybridized carbons (Fsp3) is 0.0833. The minimum absolute atomic E-state index is 0.379. The molecule has 0 fully saturated rings. The van der Waals surface area contributed by atoms with Gasteiger partial charge in [0.05, 0.1) is 5.69 Å². The van der Waals surface area contributed by atoms with Crippen LogP contribution in [0.2, 0.25) is 5.02 Å². The zero-order chi connectivity index (χ0) is 22.2. The van der Waals surface area contributed by atoms with Crippen LogP contribution in [0.15, 0.2) is 90.2 Å². The standard InChI is InChI=1S/C24H21ClN6O/c25-21-8-4-7-20(15-21)24(32)27-17-31(29-14-13-23-26-16-28-30-23)22-11-9-19(10-12-22)18-5-2-1-3-6-18/h1-12,15-17,29H,13-14H2,(H,26,28,30). The van der Waals surface area contributed by atoms with Crippen molar-refractivity contribution >= 4 is 29.5 Å². The SMILES string of the molecule is O=C(N=CN(NCCc1ncn[nH]1)c1ccc(-c2ccccc2)cc1)c1cccc(Cl)c1. The molecule has 1 amide bonds. The van der Waals surface area contributed by atoms with Gasteiger partial charge in [-0.05, 0) is 41.5 Å². The number of hydrazine groups is 1. The number of hydrogen-bond donors (Lipinski definition) is 2. The Morgan fingerprint density at radius 3 is 2.53 bits per heavy atom. The Bertz CT molecular complexity index is 1180. The van der Waals surface area contributed by atoms with Gasteiger partial charge in [-0.3, -0.25) is 14.9 Å². The van der Waals surface area contributed by atoms with Crippen LogP contribution < -0.4 is 10.4 Å². The van der Waals surface area contributed by atoms with Gasteiger partial charge in [-0.15, -0.1) is 0 Å². The Morgan fingerprint density at radius 2 is 1.81 bits per heavy atom. The maximum Gasteiger partial charge on any atom is 0.278 e. The number of amides is 1. The van der Waals surface area contributed by atoms with Crippen molar-refractivity contribution in [2.24, 2.45) is 4.99 Å². The molecule has 0 saturated heterocycles. The molecule has 0 bridgehead atoms. The second-order valence-electron chi connectivity index (χ2n) is 6.93. The van der Waals surface area contributed by atoms with E-state index in [-0.39, 0.29) is 5.91 Å². The summed E-state index contributed by atoms with van der Waals surface area (Å²) in [6.07, 6.45) is 3.58. The first-order chi connectivity index (χ1) is 15.7. The van der Waals surface area contributed by atoms with E-state index in [9.17, 15) is 4.79 Å². The van der Waals surface area contributed by atoms with Gasteiger partial charge in [0.25, 0.3) is 5.91 Å². The first-order valence-corrected chi connectivity index (χ1v) is 10.4. The van der Waals surface area contributed by atoms with Crippen molar-refractivity contribution < 1.29 is 4.79 Å². The van der Waals surface area contributed by atoms with E-state index in [1.807, 2.05) is 42.5 Å². The molecule has 0 aliphatic carbocycles. The zero-order valence-electron chi connectivity index (χ0n) is 17.1. The van der Waals surface area contributed by atoms with E-state index in [2.05, 4.69) is 37.7 Å². The molecule has 4 rings (SSSR count). The van der Waals surface area contributed by atoms with Gasteiger partial charge in [0, 0.05) is 23.6 Å². The second-order valence-corrected chi connectivity index (χ2v) is 7.37. The van der Waals surface area contributed by atoms with Crippen molar-refractivity contribution in [2.75, 3.05) is 11.6 Å². The Kier molecular flexibility index (Phi) is 7.01. The van der Waals surface area contributed by atoms with Gasteiger partial charge in [0.15, 0.2) is 0 Å². The van der Waals surface area contributed by atoms with E-state index in [4.69, 9.17) is 11.6 Å². The van der Waals surface area contributed by atoms with Crippen LogP contribution >= 0.6 is 11.6 Å². The number of nitrogens with one attached hydrogen (secondary N) is 2. The highest BCUT2D eigenvalue weighted by Gasteiger charge is 2.08. The summed E-state index contributed by atoms with van der Waals surface area (Å²) in [5, 5.41) is 8.90. The molecule has 8 heteroatoms. The predicted octanol–water partition coefficient (Wildman–Crippen LogP) is 4.55. The third-order valence-electron chi connectivity index (χ3n) is 4.72. The molecule has 2 N–H and O–H groups in total. The van der Waals surface area contributed by atoms with Gasteiger partial charge in [-0.1, -0.05) is 60.1 Å². The molecule has 0 aliphatic heterocycles. The van der Waals surface area contributed by atoms with Gasteiger partial charge < -0.3 is 0 Å². The largest absolute Gasteiger partial charge is 0.278 e. The summed E-state index contributed by atoms with van der Waals surface area (Å²) in [6.45, 7) is 0.563. The second kappa shape index (κ2) is 10.5. The number of hydrogen-bond acceptors (Lipinski definition) is 4. The third-order valence-corrected chi connectivity index (χ3v) is 4.96. The highest BCUT2D eigenvalue weighted by Crippen LogP contribution is 2.22. The summed E-state index contributed by atoms with van der Waals surface area (Å²) in [5.74, 6) is 0.388. The van der Waals surface area contributed by atoms with E-state index < -0.39 is 0 Å². The first kappa shape index (κ1) is 21.4. The Labute approximate surface area is 190 Å². The summed E-state index contributed by atoms with van der Waals surface area (Å²) in [7, 11) is 0. The highest BCUT2D eigenvalue weighted by molar-refractivity contribution is 6.31. The molecule has 160 valence electrons. The lowest BCUT2D eigenvalue weighted by molar-refractivity contribution is 0.100. The Hall–Kier alpha value is -3.81. The Balaban J connectivity index is 1.51. The van der Waals surface area contributed by atoms with Crippen molar-refractivity contribution in [3.8, 4) is 11.1 Å². The summed E-state index contributed by atoms with van der Waals surface area (Å²) < 4.78 is 0. The minimum Gasteiger partial charge on any atom is -0.267 e. The quantitative estimate of drug-likeness (QED) is 0.236. The lowest BCUT2D eigenvalue weighted by atomic mass is 10.1. The number of aliphatic imine (C=N–C) groups is 1. The van der Waals surface area contributed by atoms with Crippen LogP contribution in [-0.4, -0.2) is 34.0 Å². The number of carbonyl (C=O) groups excluding carboxylic acids is 1. The summed E-state index contributed by atoms with van der Waals surface area (Å²) >= 11 is 5.99. The fourth-order valence-corrected chi connectivity index (χ4v) is 3.29. The number of rotatable bonds is 8. The average Bonchev–Trinajstić information content (AvgIpc) is 3.35. The number of aromatic amines is 1. The van der Waals surface area contributed by atoms with Crippen LogP contribution in [0.1, 0.15) is 16.2 Å². The van der Waals surface area contributed by atoms with Crippen molar-refractivity contribution in [1.82, 2.24) is 20.6 Å². The normalized spacial score (nSPS) is 11.0. The van der Waals surface area contributed by atoms with E-state index in [1.54, 1.807) is 29.3 Å². The molecule has 0 unspecified atom stereocenters. The molecule has 0 spiro atoms. The average molecular weight is 445 g/mol. The summed E-state index contributed by atoms with van der Waals surface area (Å²) in [5.41, 5.74) is 6.77. The van der Waals surface area contributed by atoms with Crippen molar-refractivity contribution in [3.63, 3.8) is 0 Å². The fourth-order valence-electron chi connectivity index (χ4n) is 3.10. The van der Waals surface area contributed by atoms with E-state index >= 15 is 0 Å². The monoisotopic (exact) mass is 444 g/mol. The number of H-pyrrole nitrogens is 1. The van der Waals surface area contributed by atoms with E-state index in [0.29, 0.717) is 23.6 Å². The van der Waals surface area contributed by atoms with Crippen LogP contribution in [0.4, 0.5) is 5.69 Å². The van der Waals surface area contributed by atoms with E-state index in [1.165, 1.54) is 12.7 Å². The maximum atomic E-state index is 12.5. The minimum atomic E-state index is -0.379. The molecular formula is C24H21ClN6O. The van der Waals surface area contributed by atoms with Crippen LogP contribution in [-0.2, 0) is 6.42 Å². The number of aromatic nitrogens is 3. The number of carbonyl (C=O) groups is 1. The highest BCUT2D eigenvalue weighted by atomic mass is 35.5. The lowest BCUT2D eigenvalue weighted by Gasteiger charge is -2.21. The molecule has 4 aromatic rings. The third kappa shape index (κ3) is 5.66. The zero-order valence-corrected chi connectivity index (χ0v) is 17.9.